The number of aromatic nitrogens is 2. The van der Waals surface area contributed by atoms with Crippen molar-refractivity contribution >= 4 is 23.4 Å². The van der Waals surface area contributed by atoms with Gasteiger partial charge in [-0.1, -0.05) is 17.7 Å². The number of carbonyl (C=O) groups excluding carboxylic acids is 1. The van der Waals surface area contributed by atoms with Crippen LogP contribution in [0.3, 0.4) is 0 Å². The highest BCUT2D eigenvalue weighted by atomic mass is 35.5. The summed E-state index contributed by atoms with van der Waals surface area (Å²) in [6.07, 6.45) is 1.13. The van der Waals surface area contributed by atoms with Crippen molar-refractivity contribution in [2.24, 2.45) is 0 Å². The Balaban J connectivity index is 1.69. The summed E-state index contributed by atoms with van der Waals surface area (Å²) >= 11 is 6.06. The van der Waals surface area contributed by atoms with Gasteiger partial charge in [0.25, 0.3) is 0 Å². The summed E-state index contributed by atoms with van der Waals surface area (Å²) in [6.45, 7) is 1.13. The Morgan fingerprint density at radius 1 is 1.43 bits per heavy atom. The third kappa shape index (κ3) is 3.75. The third-order valence-corrected chi connectivity index (χ3v) is 3.80. The summed E-state index contributed by atoms with van der Waals surface area (Å²) in [4.78, 5) is 13.9. The Bertz CT molecular complexity index is 701. The van der Waals surface area contributed by atoms with Crippen LogP contribution in [0.1, 0.15) is 11.7 Å². The van der Waals surface area contributed by atoms with Gasteiger partial charge in [-0.25, -0.2) is 9.18 Å². The highest BCUT2D eigenvalue weighted by Crippen LogP contribution is 2.29. The fourth-order valence-electron chi connectivity index (χ4n) is 2.34. The van der Waals surface area contributed by atoms with E-state index in [4.69, 9.17) is 16.3 Å². The number of urea groups is 1. The van der Waals surface area contributed by atoms with Crippen molar-refractivity contribution < 1.29 is 13.9 Å². The fraction of sp³-hybridized carbons (Fsp3) is 0.267. The minimum absolute atomic E-state index is 0.284. The Kier molecular flexibility index (Phi) is 4.68. The molecular weight excluding hydrogens is 323 g/mol. The van der Waals surface area contributed by atoms with Crippen molar-refractivity contribution in [3.63, 3.8) is 0 Å². The molecule has 23 heavy (non-hydrogen) atoms. The second-order valence-corrected chi connectivity index (χ2v) is 5.42. The van der Waals surface area contributed by atoms with Crippen molar-refractivity contribution in [1.82, 2.24) is 15.1 Å². The average molecular weight is 337 g/mol. The van der Waals surface area contributed by atoms with Crippen molar-refractivity contribution in [1.29, 1.82) is 0 Å². The Labute approximate surface area is 137 Å². The SMILES string of the molecule is O=C(Nc1cccnn1)N1CCO[C@H](c2ccc(F)cc2Cl)C1. The van der Waals surface area contributed by atoms with E-state index in [1.165, 1.54) is 18.3 Å². The number of anilines is 1. The number of carbonyl (C=O) groups is 1. The molecule has 2 amide bonds. The first-order valence-electron chi connectivity index (χ1n) is 7.03. The van der Waals surface area contributed by atoms with E-state index in [1.54, 1.807) is 23.1 Å². The zero-order valence-electron chi connectivity index (χ0n) is 12.1. The van der Waals surface area contributed by atoms with Gasteiger partial charge in [-0.3, -0.25) is 5.32 Å². The molecule has 0 saturated carbocycles. The number of hydrogen-bond acceptors (Lipinski definition) is 4. The third-order valence-electron chi connectivity index (χ3n) is 3.47. The van der Waals surface area contributed by atoms with Gasteiger partial charge >= 0.3 is 6.03 Å². The lowest BCUT2D eigenvalue weighted by Crippen LogP contribution is -2.44. The Morgan fingerprint density at radius 3 is 3.04 bits per heavy atom. The van der Waals surface area contributed by atoms with Crippen LogP contribution in [0.15, 0.2) is 36.5 Å². The van der Waals surface area contributed by atoms with Crippen LogP contribution < -0.4 is 5.32 Å². The predicted octanol–water partition coefficient (Wildman–Crippen LogP) is 2.87. The molecule has 120 valence electrons. The number of ether oxygens (including phenoxy) is 1. The molecule has 1 aromatic heterocycles. The van der Waals surface area contributed by atoms with E-state index >= 15 is 0 Å². The normalized spacial score (nSPS) is 17.8. The van der Waals surface area contributed by atoms with Gasteiger partial charge in [0.15, 0.2) is 5.82 Å². The number of amides is 2. The van der Waals surface area contributed by atoms with E-state index in [9.17, 15) is 9.18 Å². The summed E-state index contributed by atoms with van der Waals surface area (Å²) in [7, 11) is 0. The van der Waals surface area contributed by atoms with Crippen LogP contribution in [0, 0.1) is 5.82 Å². The number of rotatable bonds is 2. The summed E-state index contributed by atoms with van der Waals surface area (Å²) < 4.78 is 18.8. The molecule has 1 aliphatic rings. The number of hydrogen-bond donors (Lipinski definition) is 1. The topological polar surface area (TPSA) is 67.4 Å². The first-order valence-corrected chi connectivity index (χ1v) is 7.41. The van der Waals surface area contributed by atoms with Gasteiger partial charge < -0.3 is 9.64 Å². The first-order chi connectivity index (χ1) is 11.1. The zero-order chi connectivity index (χ0) is 16.2. The van der Waals surface area contributed by atoms with Gasteiger partial charge in [-0.05, 0) is 24.3 Å². The van der Waals surface area contributed by atoms with Gasteiger partial charge in [0.1, 0.15) is 11.9 Å². The summed E-state index contributed by atoms with van der Waals surface area (Å²) in [5.74, 6) is -0.0350. The highest BCUT2D eigenvalue weighted by Gasteiger charge is 2.27. The monoisotopic (exact) mass is 336 g/mol. The van der Waals surface area contributed by atoms with Crippen molar-refractivity contribution in [3.8, 4) is 0 Å². The van der Waals surface area contributed by atoms with Crippen LogP contribution in [0.5, 0.6) is 0 Å². The van der Waals surface area contributed by atoms with E-state index in [0.29, 0.717) is 31.1 Å². The number of halogens is 2. The number of morpholine rings is 1. The van der Waals surface area contributed by atoms with E-state index in [2.05, 4.69) is 15.5 Å². The molecule has 1 saturated heterocycles. The second-order valence-electron chi connectivity index (χ2n) is 5.01. The number of benzene rings is 1. The van der Waals surface area contributed by atoms with E-state index in [0.717, 1.165) is 0 Å². The lowest BCUT2D eigenvalue weighted by atomic mass is 10.1. The zero-order valence-corrected chi connectivity index (χ0v) is 12.8. The Morgan fingerprint density at radius 2 is 2.30 bits per heavy atom. The largest absolute Gasteiger partial charge is 0.370 e. The molecule has 0 bridgehead atoms. The molecule has 3 rings (SSSR count). The molecule has 0 radical (unpaired) electrons. The van der Waals surface area contributed by atoms with Crippen molar-refractivity contribution in [2.75, 3.05) is 25.0 Å². The maximum atomic E-state index is 13.1. The molecule has 2 aromatic rings. The molecule has 1 N–H and O–H groups in total. The molecule has 8 heteroatoms. The van der Waals surface area contributed by atoms with Crippen molar-refractivity contribution in [3.05, 3.63) is 52.9 Å². The number of nitrogens with zero attached hydrogens (tertiary/aromatic N) is 3. The Hall–Kier alpha value is -2.25. The fourth-order valence-corrected chi connectivity index (χ4v) is 2.63. The maximum absolute atomic E-state index is 13.1. The van der Waals surface area contributed by atoms with Gasteiger partial charge in [0.05, 0.1) is 13.2 Å². The quantitative estimate of drug-likeness (QED) is 0.915. The molecule has 1 fully saturated rings. The second kappa shape index (κ2) is 6.89. The lowest BCUT2D eigenvalue weighted by molar-refractivity contribution is -0.0134. The molecule has 0 spiro atoms. The standard InChI is InChI=1S/C15H14ClFN4O2/c16-12-8-10(17)3-4-11(12)13-9-21(6-7-23-13)15(22)19-14-2-1-5-18-20-14/h1-5,8,13H,6-7,9H2,(H,19,20,22)/t13-/m0/s1. The average Bonchev–Trinajstić information content (AvgIpc) is 2.56. The van der Waals surface area contributed by atoms with Crippen LogP contribution in [-0.4, -0.2) is 40.8 Å². The van der Waals surface area contributed by atoms with Crippen LogP contribution in [0.2, 0.25) is 5.02 Å². The lowest BCUT2D eigenvalue weighted by Gasteiger charge is -2.33. The molecule has 2 heterocycles. The van der Waals surface area contributed by atoms with Gasteiger partial charge in [0.2, 0.25) is 0 Å². The van der Waals surface area contributed by atoms with E-state index in [-0.39, 0.29) is 11.1 Å². The molecule has 1 atom stereocenters. The molecular formula is C15H14ClFN4O2. The predicted molar refractivity (Wildman–Crippen MR) is 82.7 cm³/mol. The number of nitrogens with one attached hydrogen (secondary N) is 1. The van der Waals surface area contributed by atoms with Crippen LogP contribution >= 0.6 is 11.6 Å². The maximum Gasteiger partial charge on any atom is 0.323 e. The first kappa shape index (κ1) is 15.6. The molecule has 6 nitrogen and oxygen atoms in total. The molecule has 0 unspecified atom stereocenters. The van der Waals surface area contributed by atoms with Crippen LogP contribution in [0.4, 0.5) is 15.0 Å². The summed E-state index contributed by atoms with van der Waals surface area (Å²) in [5, 5.41) is 10.5. The van der Waals surface area contributed by atoms with Gasteiger partial charge in [-0.2, -0.15) is 5.10 Å². The van der Waals surface area contributed by atoms with Crippen LogP contribution in [0.25, 0.3) is 0 Å². The van der Waals surface area contributed by atoms with Gasteiger partial charge in [0, 0.05) is 23.3 Å². The summed E-state index contributed by atoms with van der Waals surface area (Å²) in [5.41, 5.74) is 0.657. The summed E-state index contributed by atoms with van der Waals surface area (Å²) in [6, 6.07) is 7.17. The smallest absolute Gasteiger partial charge is 0.323 e. The molecule has 0 aliphatic carbocycles. The molecule has 1 aliphatic heterocycles. The van der Waals surface area contributed by atoms with Crippen LogP contribution in [-0.2, 0) is 4.74 Å². The molecule has 1 aromatic carbocycles. The minimum Gasteiger partial charge on any atom is -0.370 e. The minimum atomic E-state index is -0.410. The van der Waals surface area contributed by atoms with E-state index < -0.39 is 11.9 Å². The van der Waals surface area contributed by atoms with Gasteiger partial charge in [-0.15, -0.1) is 5.10 Å². The van der Waals surface area contributed by atoms with Crippen molar-refractivity contribution in [2.45, 2.75) is 6.10 Å². The highest BCUT2D eigenvalue weighted by molar-refractivity contribution is 6.31. The van der Waals surface area contributed by atoms with E-state index in [1.807, 2.05) is 0 Å².